The van der Waals surface area contributed by atoms with Crippen molar-refractivity contribution in [2.24, 2.45) is 0 Å². The third-order valence-electron chi connectivity index (χ3n) is 2.72. The molecule has 0 radical (unpaired) electrons. The maximum Gasteiger partial charge on any atom is 0.133 e. The van der Waals surface area contributed by atoms with E-state index in [4.69, 9.17) is 11.5 Å². The molecule has 0 amide bonds. The maximum absolute atomic E-state index is 5.93. The van der Waals surface area contributed by atoms with Gasteiger partial charge < -0.3 is 11.5 Å². The third kappa shape index (κ3) is 2.00. The van der Waals surface area contributed by atoms with E-state index in [1.54, 1.807) is 17.4 Å². The number of hydrogen-bond acceptors (Lipinski definition) is 4. The summed E-state index contributed by atoms with van der Waals surface area (Å²) in [5, 5.41) is 3.30. The molecule has 18 heavy (non-hydrogen) atoms. The average molecular weight is 278 g/mol. The summed E-state index contributed by atoms with van der Waals surface area (Å²) in [6.07, 6.45) is 0. The molecule has 2 aromatic heterocycles. The second-order valence-electron chi connectivity index (χ2n) is 3.81. The van der Waals surface area contributed by atoms with Crippen molar-refractivity contribution in [2.75, 3.05) is 11.5 Å². The molecule has 0 bridgehead atoms. The van der Waals surface area contributed by atoms with Crippen LogP contribution in [-0.4, -0.2) is 4.98 Å². The van der Waals surface area contributed by atoms with E-state index in [-0.39, 0.29) is 12.4 Å². The second kappa shape index (κ2) is 4.84. The zero-order chi connectivity index (χ0) is 11.8. The monoisotopic (exact) mass is 277 g/mol. The number of rotatable bonds is 1. The van der Waals surface area contributed by atoms with E-state index in [2.05, 4.69) is 28.6 Å². The fourth-order valence-electron chi connectivity index (χ4n) is 1.92. The van der Waals surface area contributed by atoms with E-state index in [9.17, 15) is 0 Å². The number of thiophene rings is 1. The zero-order valence-corrected chi connectivity index (χ0v) is 11.1. The van der Waals surface area contributed by atoms with Crippen LogP contribution in [0.5, 0.6) is 0 Å². The van der Waals surface area contributed by atoms with Crippen LogP contribution in [0.15, 0.2) is 41.8 Å². The zero-order valence-electron chi connectivity index (χ0n) is 9.46. The second-order valence-corrected chi connectivity index (χ2v) is 4.73. The van der Waals surface area contributed by atoms with Crippen LogP contribution in [0.1, 0.15) is 0 Å². The van der Waals surface area contributed by atoms with Crippen molar-refractivity contribution >= 4 is 45.5 Å². The Morgan fingerprint density at radius 1 is 0.944 bits per heavy atom. The van der Waals surface area contributed by atoms with Gasteiger partial charge in [0.2, 0.25) is 0 Å². The van der Waals surface area contributed by atoms with Crippen molar-refractivity contribution < 1.29 is 0 Å². The number of halogens is 1. The van der Waals surface area contributed by atoms with Crippen LogP contribution in [0.4, 0.5) is 11.6 Å². The van der Waals surface area contributed by atoms with Crippen molar-refractivity contribution in [2.45, 2.75) is 0 Å². The smallest absolute Gasteiger partial charge is 0.133 e. The first-order chi connectivity index (χ1) is 8.25. The van der Waals surface area contributed by atoms with Gasteiger partial charge in [0, 0.05) is 15.8 Å². The van der Waals surface area contributed by atoms with E-state index >= 15 is 0 Å². The highest BCUT2D eigenvalue weighted by Crippen LogP contribution is 2.34. The summed E-state index contributed by atoms with van der Waals surface area (Å²) in [5.74, 6) is 0.926. The van der Waals surface area contributed by atoms with Crippen molar-refractivity contribution in [1.29, 1.82) is 0 Å². The molecule has 3 nitrogen and oxygen atoms in total. The lowest BCUT2D eigenvalue weighted by Crippen LogP contribution is -1.98. The molecule has 0 aliphatic rings. The van der Waals surface area contributed by atoms with Crippen molar-refractivity contribution in [3.63, 3.8) is 0 Å². The summed E-state index contributed by atoms with van der Waals surface area (Å²) < 4.78 is 1.23. The molecule has 0 aliphatic carbocycles. The SMILES string of the molecule is Cl.Nc1ccc(-c2cccc3ccsc23)c(N)n1. The van der Waals surface area contributed by atoms with Crippen molar-refractivity contribution in [1.82, 2.24) is 4.98 Å². The lowest BCUT2D eigenvalue weighted by molar-refractivity contribution is 1.35. The number of anilines is 2. The van der Waals surface area contributed by atoms with Gasteiger partial charge in [-0.3, -0.25) is 0 Å². The summed E-state index contributed by atoms with van der Waals surface area (Å²) in [7, 11) is 0. The number of benzene rings is 1. The molecule has 5 heteroatoms. The Bertz CT molecular complexity index is 694. The highest BCUT2D eigenvalue weighted by molar-refractivity contribution is 7.17. The van der Waals surface area contributed by atoms with Crippen LogP contribution in [-0.2, 0) is 0 Å². The minimum absolute atomic E-state index is 0. The third-order valence-corrected chi connectivity index (χ3v) is 3.68. The molecule has 4 N–H and O–H groups in total. The number of pyridine rings is 1. The van der Waals surface area contributed by atoms with Crippen LogP contribution in [0.3, 0.4) is 0 Å². The van der Waals surface area contributed by atoms with Crippen LogP contribution in [0, 0.1) is 0 Å². The van der Waals surface area contributed by atoms with Gasteiger partial charge in [-0.25, -0.2) is 4.98 Å². The molecule has 0 aliphatic heterocycles. The predicted molar refractivity (Wildman–Crippen MR) is 81.1 cm³/mol. The van der Waals surface area contributed by atoms with Gasteiger partial charge in [-0.2, -0.15) is 0 Å². The normalized spacial score (nSPS) is 10.2. The van der Waals surface area contributed by atoms with Gasteiger partial charge in [-0.15, -0.1) is 23.7 Å². The van der Waals surface area contributed by atoms with Gasteiger partial charge in [0.25, 0.3) is 0 Å². The molecule has 3 aromatic rings. The molecule has 0 atom stereocenters. The van der Waals surface area contributed by atoms with E-state index in [0.717, 1.165) is 11.1 Å². The summed E-state index contributed by atoms with van der Waals surface area (Å²) in [6, 6.07) is 12.0. The van der Waals surface area contributed by atoms with Crippen LogP contribution < -0.4 is 11.5 Å². The number of nitrogen functional groups attached to an aromatic ring is 2. The minimum Gasteiger partial charge on any atom is -0.384 e. The molecule has 0 unspecified atom stereocenters. The van der Waals surface area contributed by atoms with E-state index in [0.29, 0.717) is 11.6 Å². The highest BCUT2D eigenvalue weighted by atomic mass is 35.5. The largest absolute Gasteiger partial charge is 0.384 e. The Morgan fingerprint density at radius 2 is 1.78 bits per heavy atom. The molecule has 0 saturated carbocycles. The molecule has 0 spiro atoms. The van der Waals surface area contributed by atoms with Crippen molar-refractivity contribution in [3.8, 4) is 11.1 Å². The summed E-state index contributed by atoms with van der Waals surface area (Å²) in [6.45, 7) is 0. The molecule has 3 rings (SSSR count). The molecular formula is C13H12ClN3S. The summed E-state index contributed by atoms with van der Waals surface area (Å²) in [5.41, 5.74) is 13.6. The Balaban J connectivity index is 0.00000120. The fraction of sp³-hybridized carbons (Fsp3) is 0. The van der Waals surface area contributed by atoms with Gasteiger partial charge in [0.1, 0.15) is 11.6 Å². The van der Waals surface area contributed by atoms with Crippen molar-refractivity contribution in [3.05, 3.63) is 41.8 Å². The Kier molecular flexibility index (Phi) is 3.41. The molecule has 2 heterocycles. The fourth-order valence-corrected chi connectivity index (χ4v) is 2.85. The summed E-state index contributed by atoms with van der Waals surface area (Å²) >= 11 is 1.71. The number of nitrogens with zero attached hydrogens (tertiary/aromatic N) is 1. The Labute approximate surface area is 115 Å². The quantitative estimate of drug-likeness (QED) is 0.715. The first-order valence-electron chi connectivity index (χ1n) is 5.24. The first-order valence-corrected chi connectivity index (χ1v) is 6.12. The minimum atomic E-state index is 0. The standard InChI is InChI=1S/C13H11N3S.ClH/c14-11-5-4-10(13(15)16-11)9-3-1-2-8-6-7-17-12(8)9;/h1-7H,(H4,14,15,16);1H. The highest BCUT2D eigenvalue weighted by Gasteiger charge is 2.08. The van der Waals surface area contributed by atoms with Gasteiger partial charge in [-0.05, 0) is 29.0 Å². The number of aromatic nitrogens is 1. The van der Waals surface area contributed by atoms with E-state index < -0.39 is 0 Å². The average Bonchev–Trinajstić information content (AvgIpc) is 2.77. The lowest BCUT2D eigenvalue weighted by Gasteiger charge is -2.06. The summed E-state index contributed by atoms with van der Waals surface area (Å²) in [4.78, 5) is 4.10. The number of nitrogens with two attached hydrogens (primary N) is 2. The lowest BCUT2D eigenvalue weighted by atomic mass is 10.1. The van der Waals surface area contributed by atoms with Gasteiger partial charge in [0.05, 0.1) is 0 Å². The van der Waals surface area contributed by atoms with E-state index in [1.165, 1.54) is 10.1 Å². The number of fused-ring (bicyclic) bond motifs is 1. The van der Waals surface area contributed by atoms with Gasteiger partial charge in [0.15, 0.2) is 0 Å². The topological polar surface area (TPSA) is 64.9 Å². The van der Waals surface area contributed by atoms with Gasteiger partial charge >= 0.3 is 0 Å². The maximum atomic E-state index is 5.93. The Hall–Kier alpha value is -1.78. The first kappa shape index (κ1) is 12.7. The predicted octanol–water partition coefficient (Wildman–Crippen LogP) is 3.55. The molecule has 92 valence electrons. The van der Waals surface area contributed by atoms with Gasteiger partial charge in [-0.1, -0.05) is 18.2 Å². The molecular weight excluding hydrogens is 266 g/mol. The van der Waals surface area contributed by atoms with Crippen LogP contribution in [0.25, 0.3) is 21.2 Å². The molecule has 1 aromatic carbocycles. The molecule has 0 fully saturated rings. The Morgan fingerprint density at radius 3 is 2.56 bits per heavy atom. The van der Waals surface area contributed by atoms with Crippen LogP contribution in [0.2, 0.25) is 0 Å². The van der Waals surface area contributed by atoms with E-state index in [1.807, 2.05) is 12.1 Å². The van der Waals surface area contributed by atoms with Crippen LogP contribution >= 0.6 is 23.7 Å². The molecule has 0 saturated heterocycles. The number of hydrogen-bond donors (Lipinski definition) is 2.